The van der Waals surface area contributed by atoms with Crippen LogP contribution in [-0.4, -0.2) is 6.54 Å². The second kappa shape index (κ2) is 21.3. The lowest BCUT2D eigenvalue weighted by molar-refractivity contribution is 0.525. The Morgan fingerprint density at radius 3 is 1.13 bits per heavy atom. The molecule has 0 aromatic carbocycles. The van der Waals surface area contributed by atoms with Crippen LogP contribution in [0.2, 0.25) is 0 Å². The van der Waals surface area contributed by atoms with Crippen LogP contribution in [0.3, 0.4) is 0 Å². The third kappa shape index (κ3) is 21.3. The summed E-state index contributed by atoms with van der Waals surface area (Å²) in [6, 6.07) is 0. The lowest BCUT2D eigenvalue weighted by Crippen LogP contribution is -1.84. The second-order valence-electron chi connectivity index (χ2n) is 6.96. The van der Waals surface area contributed by atoms with E-state index < -0.39 is 0 Å². The molecule has 0 saturated carbocycles. The van der Waals surface area contributed by atoms with Gasteiger partial charge >= 0.3 is 0 Å². The summed E-state index contributed by atoms with van der Waals surface area (Å²) in [5.41, 5.74) is 8.17. The molecule has 0 saturated heterocycles. The van der Waals surface area contributed by atoms with E-state index >= 15 is 0 Å². The molecule has 0 aromatic heterocycles. The molecule has 0 unspecified atom stereocenters. The maximum Gasteiger partial charge on any atom is 0.0257 e. The van der Waals surface area contributed by atoms with E-state index in [-0.39, 0.29) is 0 Å². The van der Waals surface area contributed by atoms with Crippen molar-refractivity contribution in [2.45, 2.75) is 122 Å². The van der Waals surface area contributed by atoms with Crippen LogP contribution < -0.4 is 0 Å². The molecule has 0 atom stereocenters. The maximum atomic E-state index is 8.17. The molecule has 3 heteroatoms. The molecular formula is C20H41N3. The number of azide groups is 1. The van der Waals surface area contributed by atoms with Crippen LogP contribution in [0, 0.1) is 0 Å². The largest absolute Gasteiger partial charge is 0.0940 e. The second-order valence-corrected chi connectivity index (χ2v) is 6.96. The zero-order valence-corrected chi connectivity index (χ0v) is 15.8. The van der Waals surface area contributed by atoms with E-state index in [2.05, 4.69) is 16.9 Å². The van der Waals surface area contributed by atoms with E-state index in [4.69, 9.17) is 5.53 Å². The summed E-state index contributed by atoms with van der Waals surface area (Å²) in [6.45, 7) is 2.96. The SMILES string of the molecule is CCCCCCCCCCCCCCCCCCCCN=[N+]=[N-]. The fourth-order valence-electron chi connectivity index (χ4n) is 3.13. The van der Waals surface area contributed by atoms with Crippen LogP contribution in [0.15, 0.2) is 5.11 Å². The molecule has 0 spiro atoms. The molecule has 136 valence electrons. The molecule has 0 rings (SSSR count). The van der Waals surface area contributed by atoms with Crippen molar-refractivity contribution in [3.05, 3.63) is 10.4 Å². The van der Waals surface area contributed by atoms with Crippen molar-refractivity contribution >= 4 is 0 Å². The highest BCUT2D eigenvalue weighted by atomic mass is 15.1. The summed E-state index contributed by atoms with van der Waals surface area (Å²) in [4.78, 5) is 2.77. The molecule has 0 heterocycles. The van der Waals surface area contributed by atoms with Gasteiger partial charge in [-0.05, 0) is 12.0 Å². The lowest BCUT2D eigenvalue weighted by Gasteiger charge is -2.03. The van der Waals surface area contributed by atoms with Crippen molar-refractivity contribution in [2.24, 2.45) is 5.11 Å². The minimum Gasteiger partial charge on any atom is -0.0940 e. The standard InChI is InChI=1S/C20H41N3/c1-2-3-4-5-6-7-8-9-10-11-12-13-14-15-16-17-18-19-20-22-23-21/h2-20H2,1H3. The number of hydrogen-bond acceptors (Lipinski definition) is 1. The highest BCUT2D eigenvalue weighted by Gasteiger charge is 1.94. The van der Waals surface area contributed by atoms with Gasteiger partial charge in [-0.15, -0.1) is 0 Å². The molecule has 0 aliphatic carbocycles. The number of hydrogen-bond donors (Lipinski definition) is 0. The Hall–Kier alpha value is -0.690. The van der Waals surface area contributed by atoms with Gasteiger partial charge in [0.2, 0.25) is 0 Å². The zero-order chi connectivity index (χ0) is 16.8. The van der Waals surface area contributed by atoms with Gasteiger partial charge in [-0.1, -0.05) is 121 Å². The van der Waals surface area contributed by atoms with Crippen molar-refractivity contribution < 1.29 is 0 Å². The summed E-state index contributed by atoms with van der Waals surface area (Å²) in [5.74, 6) is 0. The predicted octanol–water partition coefficient (Wildman–Crippen LogP) is 8.34. The van der Waals surface area contributed by atoms with Gasteiger partial charge in [-0.2, -0.15) is 0 Å². The smallest absolute Gasteiger partial charge is 0.0257 e. The van der Waals surface area contributed by atoms with E-state index in [1.54, 1.807) is 0 Å². The molecule has 0 aliphatic rings. The number of rotatable bonds is 19. The summed E-state index contributed by atoms with van der Waals surface area (Å²) in [5, 5.41) is 3.56. The van der Waals surface area contributed by atoms with Crippen LogP contribution >= 0.6 is 0 Å². The van der Waals surface area contributed by atoms with Gasteiger partial charge < -0.3 is 0 Å². The highest BCUT2D eigenvalue weighted by Crippen LogP contribution is 2.14. The first kappa shape index (κ1) is 22.3. The van der Waals surface area contributed by atoms with Gasteiger partial charge in [-0.25, -0.2) is 0 Å². The van der Waals surface area contributed by atoms with Gasteiger partial charge in [0, 0.05) is 11.5 Å². The molecule has 0 aromatic rings. The van der Waals surface area contributed by atoms with Crippen LogP contribution in [-0.2, 0) is 0 Å². The van der Waals surface area contributed by atoms with Crippen LogP contribution in [0.25, 0.3) is 10.4 Å². The Morgan fingerprint density at radius 2 is 0.826 bits per heavy atom. The Labute approximate surface area is 145 Å². The minimum absolute atomic E-state index is 0.676. The van der Waals surface area contributed by atoms with Crippen LogP contribution in [0.5, 0.6) is 0 Å². The van der Waals surface area contributed by atoms with Gasteiger partial charge in [0.05, 0.1) is 0 Å². The lowest BCUT2D eigenvalue weighted by atomic mass is 10.0. The molecule has 0 fully saturated rings. The van der Waals surface area contributed by atoms with Crippen LogP contribution in [0.4, 0.5) is 0 Å². The summed E-state index contributed by atoms with van der Waals surface area (Å²) in [6.07, 6.45) is 25.0. The van der Waals surface area contributed by atoms with E-state index in [1.165, 1.54) is 109 Å². The first-order chi connectivity index (χ1) is 11.4. The first-order valence-corrected chi connectivity index (χ1v) is 10.4. The fourth-order valence-corrected chi connectivity index (χ4v) is 3.13. The Kier molecular flexibility index (Phi) is 20.7. The first-order valence-electron chi connectivity index (χ1n) is 10.4. The molecular weight excluding hydrogens is 282 g/mol. The van der Waals surface area contributed by atoms with Crippen molar-refractivity contribution in [2.75, 3.05) is 6.54 Å². The van der Waals surface area contributed by atoms with Crippen molar-refractivity contribution in [3.63, 3.8) is 0 Å². The average Bonchev–Trinajstić information content (AvgIpc) is 2.57. The Morgan fingerprint density at radius 1 is 0.522 bits per heavy atom. The molecule has 0 N–H and O–H groups in total. The van der Waals surface area contributed by atoms with Gasteiger partial charge in [0.25, 0.3) is 0 Å². The van der Waals surface area contributed by atoms with E-state index in [0.717, 1.165) is 6.42 Å². The Balaban J connectivity index is 2.96. The predicted molar refractivity (Wildman–Crippen MR) is 103 cm³/mol. The summed E-state index contributed by atoms with van der Waals surface area (Å²) < 4.78 is 0. The van der Waals surface area contributed by atoms with E-state index in [0.29, 0.717) is 6.54 Å². The van der Waals surface area contributed by atoms with Gasteiger partial charge in [-0.3, -0.25) is 0 Å². The highest BCUT2D eigenvalue weighted by molar-refractivity contribution is 4.51. The van der Waals surface area contributed by atoms with E-state index in [1.807, 2.05) is 0 Å². The monoisotopic (exact) mass is 323 g/mol. The van der Waals surface area contributed by atoms with E-state index in [9.17, 15) is 0 Å². The Bertz CT molecular complexity index is 260. The third-order valence-corrected chi connectivity index (χ3v) is 4.67. The summed E-state index contributed by atoms with van der Waals surface area (Å²) >= 11 is 0. The molecule has 0 radical (unpaired) electrons. The van der Waals surface area contributed by atoms with Crippen LogP contribution in [0.1, 0.15) is 122 Å². The number of nitrogens with zero attached hydrogens (tertiary/aromatic N) is 3. The average molecular weight is 324 g/mol. The third-order valence-electron chi connectivity index (χ3n) is 4.67. The summed E-state index contributed by atoms with van der Waals surface area (Å²) in [7, 11) is 0. The van der Waals surface area contributed by atoms with Gasteiger partial charge in [0.1, 0.15) is 0 Å². The van der Waals surface area contributed by atoms with Crippen molar-refractivity contribution in [3.8, 4) is 0 Å². The molecule has 0 amide bonds. The quantitative estimate of drug-likeness (QED) is 0.0992. The van der Waals surface area contributed by atoms with Gasteiger partial charge in [0.15, 0.2) is 0 Å². The molecule has 0 bridgehead atoms. The fraction of sp³-hybridized carbons (Fsp3) is 1.00. The van der Waals surface area contributed by atoms with Crippen molar-refractivity contribution in [1.82, 2.24) is 0 Å². The molecule has 0 aliphatic heterocycles. The molecule has 23 heavy (non-hydrogen) atoms. The normalized spacial score (nSPS) is 10.7. The minimum atomic E-state index is 0.676. The topological polar surface area (TPSA) is 48.8 Å². The van der Waals surface area contributed by atoms with Crippen molar-refractivity contribution in [1.29, 1.82) is 0 Å². The number of unbranched alkanes of at least 4 members (excludes halogenated alkanes) is 17. The zero-order valence-electron chi connectivity index (χ0n) is 15.8. The maximum absolute atomic E-state index is 8.17. The molecule has 3 nitrogen and oxygen atoms in total.